The van der Waals surface area contributed by atoms with E-state index in [0.717, 1.165) is 5.56 Å². The Morgan fingerprint density at radius 1 is 1.42 bits per heavy atom. The molecular weight excluding hydrogens is 169 g/mol. The average molecular weight is 181 g/mol. The molecule has 0 heterocycles. The summed E-state index contributed by atoms with van der Waals surface area (Å²) in [6, 6.07) is 9.51. The molecule has 0 saturated heterocycles. The minimum Gasteiger partial charge on any atom is -0.312 e. The van der Waals surface area contributed by atoms with E-state index >= 15 is 0 Å². The van der Waals surface area contributed by atoms with Gasteiger partial charge in [0.2, 0.25) is 0 Å². The predicted octanol–water partition coefficient (Wildman–Crippen LogP) is 2.50. The van der Waals surface area contributed by atoms with Crippen molar-refractivity contribution in [3.8, 4) is 0 Å². The van der Waals surface area contributed by atoms with Gasteiger partial charge in [0, 0.05) is 0 Å². The molecule has 0 fully saturated rings. The lowest BCUT2D eigenvalue weighted by molar-refractivity contribution is 0.544. The zero-order chi connectivity index (χ0) is 9.03. The highest BCUT2D eigenvalue weighted by molar-refractivity contribution is 7.25. The van der Waals surface area contributed by atoms with Gasteiger partial charge in [-0.05, 0) is 12.0 Å². The van der Waals surface area contributed by atoms with Gasteiger partial charge in [0.1, 0.15) is 5.28 Å². The van der Waals surface area contributed by atoms with E-state index in [0.29, 0.717) is 6.42 Å². The van der Waals surface area contributed by atoms with Crippen LogP contribution in [-0.4, -0.2) is 0 Å². The van der Waals surface area contributed by atoms with Crippen molar-refractivity contribution in [3.63, 3.8) is 0 Å². The van der Waals surface area contributed by atoms with Crippen molar-refractivity contribution in [3.05, 3.63) is 35.9 Å². The second-order valence-electron chi connectivity index (χ2n) is 2.74. The fourth-order valence-electron chi connectivity index (χ4n) is 1.05. The minimum atomic E-state index is -0.707. The Morgan fingerprint density at radius 3 is 2.42 bits per heavy atom. The summed E-state index contributed by atoms with van der Waals surface area (Å²) < 4.78 is 10.8. The first kappa shape index (κ1) is 9.37. The molecule has 0 aromatic heterocycles. The first-order valence-corrected chi connectivity index (χ1v) is 4.73. The molecule has 1 aromatic rings. The molecule has 1 atom stereocenters. The van der Waals surface area contributed by atoms with E-state index in [4.69, 9.17) is 5.73 Å². The van der Waals surface area contributed by atoms with Crippen LogP contribution in [0.5, 0.6) is 0 Å². The van der Waals surface area contributed by atoms with Gasteiger partial charge in [0.05, 0.1) is 0 Å². The number of rotatable bonds is 3. The second-order valence-corrected chi connectivity index (χ2v) is 3.72. The first-order valence-electron chi connectivity index (χ1n) is 3.92. The number of hydrogen-bond donors (Lipinski definition) is 1. The lowest BCUT2D eigenvalue weighted by atomic mass is 10.1. The summed E-state index contributed by atoms with van der Waals surface area (Å²) in [5, 5.41) is -0.707. The molecule has 1 rings (SSSR count). The van der Waals surface area contributed by atoms with E-state index in [2.05, 4.69) is 0 Å². The maximum absolute atomic E-state index is 10.8. The van der Waals surface area contributed by atoms with Gasteiger partial charge >= 0.3 is 0 Å². The molecule has 2 nitrogen and oxygen atoms in total. The number of hydrogen-bond acceptors (Lipinski definition) is 2. The van der Waals surface area contributed by atoms with Crippen molar-refractivity contribution in [2.24, 2.45) is 5.73 Å². The first-order chi connectivity index (χ1) is 5.73. The van der Waals surface area contributed by atoms with E-state index in [1.54, 1.807) is 0 Å². The Morgan fingerprint density at radius 2 is 2.00 bits per heavy atom. The SMILES string of the molecule is CC[C@@](N)(P=O)c1ccccc1. The van der Waals surface area contributed by atoms with Crippen LogP contribution in [0.1, 0.15) is 18.9 Å². The van der Waals surface area contributed by atoms with Crippen LogP contribution in [0.4, 0.5) is 0 Å². The van der Waals surface area contributed by atoms with Gasteiger partial charge in [0.25, 0.3) is 0 Å². The summed E-state index contributed by atoms with van der Waals surface area (Å²) in [5.41, 5.74) is 6.81. The van der Waals surface area contributed by atoms with Gasteiger partial charge < -0.3 is 5.73 Å². The Labute approximate surface area is 74.0 Å². The molecule has 1 aromatic carbocycles. The third kappa shape index (κ3) is 1.71. The molecule has 0 bridgehead atoms. The maximum Gasteiger partial charge on any atom is 0.182 e. The van der Waals surface area contributed by atoms with E-state index in [-0.39, 0.29) is 8.46 Å². The van der Waals surface area contributed by atoms with Crippen LogP contribution in [-0.2, 0) is 9.85 Å². The van der Waals surface area contributed by atoms with Crippen LogP contribution in [0.25, 0.3) is 0 Å². The van der Waals surface area contributed by atoms with Crippen molar-refractivity contribution in [2.45, 2.75) is 18.6 Å². The highest BCUT2D eigenvalue weighted by atomic mass is 31.1. The Bertz CT molecular complexity index is 262. The highest BCUT2D eigenvalue weighted by Crippen LogP contribution is 2.32. The minimum absolute atomic E-state index is 0.0199. The van der Waals surface area contributed by atoms with Crippen molar-refractivity contribution < 1.29 is 4.57 Å². The predicted molar refractivity (Wildman–Crippen MR) is 50.2 cm³/mol. The normalized spacial score (nSPS) is 15.8. The zero-order valence-electron chi connectivity index (χ0n) is 7.03. The zero-order valence-corrected chi connectivity index (χ0v) is 7.92. The standard InChI is InChI=1S/C9H12NOP/c1-2-9(10,12-11)8-6-4-3-5-7-8/h3-7H,2,10H2,1H3/t9-/m1/s1. The van der Waals surface area contributed by atoms with Gasteiger partial charge in [-0.3, -0.25) is 4.57 Å². The van der Waals surface area contributed by atoms with E-state index in [9.17, 15) is 4.57 Å². The summed E-state index contributed by atoms with van der Waals surface area (Å²) in [7, 11) is -0.0199. The Balaban J connectivity index is 3.03. The Kier molecular flexibility index (Phi) is 2.96. The number of benzene rings is 1. The van der Waals surface area contributed by atoms with Gasteiger partial charge in [-0.25, -0.2) is 0 Å². The molecule has 0 spiro atoms. The fourth-order valence-corrected chi connectivity index (χ4v) is 1.43. The summed E-state index contributed by atoms with van der Waals surface area (Å²) in [4.78, 5) is 0. The molecular formula is C9H12NOP. The third-order valence-electron chi connectivity index (χ3n) is 1.98. The van der Waals surface area contributed by atoms with Crippen LogP contribution in [0.2, 0.25) is 0 Å². The molecule has 0 radical (unpaired) electrons. The monoisotopic (exact) mass is 181 g/mol. The number of nitrogens with two attached hydrogens (primary N) is 1. The molecule has 0 aliphatic carbocycles. The summed E-state index contributed by atoms with van der Waals surface area (Å²) in [5.74, 6) is 0. The van der Waals surface area contributed by atoms with Gasteiger partial charge in [0.15, 0.2) is 8.46 Å². The Hall–Kier alpha value is -0.720. The third-order valence-corrected chi connectivity index (χ3v) is 2.88. The molecule has 0 amide bonds. The van der Waals surface area contributed by atoms with Crippen LogP contribution in [0.3, 0.4) is 0 Å². The molecule has 3 heteroatoms. The van der Waals surface area contributed by atoms with E-state index in [1.165, 1.54) is 0 Å². The molecule has 12 heavy (non-hydrogen) atoms. The maximum atomic E-state index is 10.8. The molecule has 0 saturated carbocycles. The lowest BCUT2D eigenvalue weighted by Gasteiger charge is -2.19. The topological polar surface area (TPSA) is 43.1 Å². The fraction of sp³-hybridized carbons (Fsp3) is 0.333. The molecule has 2 N–H and O–H groups in total. The smallest absolute Gasteiger partial charge is 0.182 e. The highest BCUT2D eigenvalue weighted by Gasteiger charge is 2.25. The quantitative estimate of drug-likeness (QED) is 0.728. The molecule has 0 aliphatic rings. The van der Waals surface area contributed by atoms with Crippen LogP contribution in [0.15, 0.2) is 30.3 Å². The van der Waals surface area contributed by atoms with Crippen LogP contribution >= 0.6 is 8.46 Å². The van der Waals surface area contributed by atoms with Crippen molar-refractivity contribution in [2.75, 3.05) is 0 Å². The van der Waals surface area contributed by atoms with Crippen LogP contribution < -0.4 is 5.73 Å². The average Bonchev–Trinajstić information content (AvgIpc) is 2.18. The van der Waals surface area contributed by atoms with Crippen molar-refractivity contribution >= 4 is 8.46 Å². The lowest BCUT2D eigenvalue weighted by Crippen LogP contribution is -2.28. The van der Waals surface area contributed by atoms with Gasteiger partial charge in [-0.2, -0.15) is 0 Å². The summed E-state index contributed by atoms with van der Waals surface area (Å²) >= 11 is 0. The summed E-state index contributed by atoms with van der Waals surface area (Å²) in [6.07, 6.45) is 0.669. The van der Waals surface area contributed by atoms with E-state index < -0.39 is 5.28 Å². The molecule has 64 valence electrons. The van der Waals surface area contributed by atoms with Crippen LogP contribution in [0, 0.1) is 0 Å². The second kappa shape index (κ2) is 3.79. The largest absolute Gasteiger partial charge is 0.312 e. The summed E-state index contributed by atoms with van der Waals surface area (Å²) in [6.45, 7) is 1.93. The van der Waals surface area contributed by atoms with E-state index in [1.807, 2.05) is 37.3 Å². The van der Waals surface area contributed by atoms with Gasteiger partial charge in [-0.1, -0.05) is 37.3 Å². The molecule has 0 unspecified atom stereocenters. The van der Waals surface area contributed by atoms with Crippen molar-refractivity contribution in [1.29, 1.82) is 0 Å². The van der Waals surface area contributed by atoms with Crippen molar-refractivity contribution in [1.82, 2.24) is 0 Å². The van der Waals surface area contributed by atoms with Gasteiger partial charge in [-0.15, -0.1) is 0 Å². The molecule has 0 aliphatic heterocycles.